The van der Waals surface area contributed by atoms with Crippen LogP contribution in [0.25, 0.3) is 0 Å². The maximum atomic E-state index is 13.0. The van der Waals surface area contributed by atoms with Crippen LogP contribution >= 0.6 is 0 Å². The summed E-state index contributed by atoms with van der Waals surface area (Å²) in [4.78, 5) is 11.7. The molecule has 0 aliphatic heterocycles. The smallest absolute Gasteiger partial charge is 0.290 e. The second-order valence-electron chi connectivity index (χ2n) is 3.93. The largest absolute Gasteiger partial charge is 0.426 e. The van der Waals surface area contributed by atoms with Gasteiger partial charge in [0, 0.05) is 25.8 Å². The molecule has 1 aromatic heterocycles. The van der Waals surface area contributed by atoms with Gasteiger partial charge in [-0.05, 0) is 18.2 Å². The number of hydrogen-bond acceptors (Lipinski definition) is 4. The van der Waals surface area contributed by atoms with Crippen LogP contribution in [0.4, 0.5) is 4.39 Å². The van der Waals surface area contributed by atoms with Gasteiger partial charge in [0.2, 0.25) is 0 Å². The molecule has 2 aromatic rings. The van der Waals surface area contributed by atoms with Gasteiger partial charge in [-0.3, -0.25) is 4.79 Å². The van der Waals surface area contributed by atoms with Crippen LogP contribution in [0, 0.1) is 5.82 Å². The number of ether oxygens (including phenoxy) is 2. The van der Waals surface area contributed by atoms with Crippen LogP contribution in [0.2, 0.25) is 0 Å². The molecule has 0 radical (unpaired) electrons. The first-order valence-electron chi connectivity index (χ1n) is 5.99. The molecule has 1 N–H and O–H groups in total. The van der Waals surface area contributed by atoms with E-state index in [9.17, 15) is 9.18 Å². The summed E-state index contributed by atoms with van der Waals surface area (Å²) in [6.45, 7) is 0.801. The van der Waals surface area contributed by atoms with E-state index in [-0.39, 0.29) is 17.6 Å². The van der Waals surface area contributed by atoms with E-state index in [1.165, 1.54) is 30.3 Å². The summed E-state index contributed by atoms with van der Waals surface area (Å²) in [6, 6.07) is 8.62. The highest BCUT2D eigenvalue weighted by molar-refractivity contribution is 5.91. The number of halogens is 1. The average Bonchev–Trinajstić information content (AvgIpc) is 2.87. The van der Waals surface area contributed by atoms with Gasteiger partial charge < -0.3 is 19.2 Å². The van der Waals surface area contributed by atoms with Gasteiger partial charge >= 0.3 is 0 Å². The van der Waals surface area contributed by atoms with Gasteiger partial charge in [0.05, 0.1) is 6.61 Å². The minimum atomic E-state index is -0.411. The van der Waals surface area contributed by atoms with Gasteiger partial charge in [0.15, 0.2) is 5.76 Å². The fraction of sp³-hybridized carbons (Fsp3) is 0.214. The average molecular weight is 279 g/mol. The van der Waals surface area contributed by atoms with Crippen molar-refractivity contribution >= 4 is 5.91 Å². The number of amides is 1. The highest BCUT2D eigenvalue weighted by atomic mass is 19.1. The number of furan rings is 1. The number of carbonyl (C=O) groups excluding carboxylic acids is 1. The minimum Gasteiger partial charge on any atom is -0.426 e. The highest BCUT2D eigenvalue weighted by Gasteiger charge is 2.11. The van der Waals surface area contributed by atoms with Gasteiger partial charge in [-0.15, -0.1) is 0 Å². The summed E-state index contributed by atoms with van der Waals surface area (Å²) < 4.78 is 28.3. The Kier molecular flexibility index (Phi) is 4.73. The van der Waals surface area contributed by atoms with Crippen molar-refractivity contribution in [2.45, 2.75) is 0 Å². The lowest BCUT2D eigenvalue weighted by Gasteiger charge is -2.02. The number of hydrogen-bond donors (Lipinski definition) is 1. The lowest BCUT2D eigenvalue weighted by molar-refractivity contribution is 0.0904. The summed E-state index contributed by atoms with van der Waals surface area (Å²) in [7, 11) is 1.55. The van der Waals surface area contributed by atoms with Crippen LogP contribution in [0.3, 0.4) is 0 Å². The third-order valence-corrected chi connectivity index (χ3v) is 2.41. The first-order chi connectivity index (χ1) is 9.69. The van der Waals surface area contributed by atoms with Crippen molar-refractivity contribution < 1.29 is 23.1 Å². The van der Waals surface area contributed by atoms with Crippen molar-refractivity contribution in [2.24, 2.45) is 0 Å². The normalized spacial score (nSPS) is 10.3. The predicted molar refractivity (Wildman–Crippen MR) is 69.4 cm³/mol. The Labute approximate surface area is 115 Å². The quantitative estimate of drug-likeness (QED) is 0.826. The SMILES string of the molecule is COCCNC(=O)c1ccc(Oc2cccc(F)c2)o1. The fourth-order valence-electron chi connectivity index (χ4n) is 1.50. The van der Waals surface area contributed by atoms with Gasteiger partial charge in [0.25, 0.3) is 11.9 Å². The number of nitrogens with one attached hydrogen (secondary N) is 1. The molecule has 1 heterocycles. The number of benzene rings is 1. The summed E-state index contributed by atoms with van der Waals surface area (Å²) in [6.07, 6.45) is 0. The Balaban J connectivity index is 1.96. The topological polar surface area (TPSA) is 60.7 Å². The van der Waals surface area contributed by atoms with Crippen molar-refractivity contribution in [3.8, 4) is 11.7 Å². The lowest BCUT2D eigenvalue weighted by Crippen LogP contribution is -2.26. The molecule has 0 aliphatic carbocycles. The molecule has 2 rings (SSSR count). The molecule has 5 nitrogen and oxygen atoms in total. The summed E-state index contributed by atoms with van der Waals surface area (Å²) >= 11 is 0. The molecule has 0 aliphatic rings. The Bertz CT molecular complexity index is 582. The van der Waals surface area contributed by atoms with E-state index in [1.807, 2.05) is 0 Å². The fourth-order valence-corrected chi connectivity index (χ4v) is 1.50. The molecule has 106 valence electrons. The first-order valence-corrected chi connectivity index (χ1v) is 5.99. The third kappa shape index (κ3) is 3.83. The maximum Gasteiger partial charge on any atom is 0.290 e. The zero-order valence-corrected chi connectivity index (χ0v) is 10.9. The van der Waals surface area contributed by atoms with Gasteiger partial charge in [-0.1, -0.05) is 6.07 Å². The molecule has 20 heavy (non-hydrogen) atoms. The summed E-state index contributed by atoms with van der Waals surface area (Å²) in [5.41, 5.74) is 0. The number of rotatable bonds is 6. The van der Waals surface area contributed by atoms with Crippen LogP contribution in [0.1, 0.15) is 10.6 Å². The molecule has 6 heteroatoms. The Morgan fingerprint density at radius 1 is 1.35 bits per heavy atom. The summed E-state index contributed by atoms with van der Waals surface area (Å²) in [5, 5.41) is 2.61. The van der Waals surface area contributed by atoms with Gasteiger partial charge in [-0.2, -0.15) is 0 Å². The van der Waals surface area contributed by atoms with Gasteiger partial charge in [-0.25, -0.2) is 4.39 Å². The molecule has 0 bridgehead atoms. The number of methoxy groups -OCH3 is 1. The molecule has 0 fully saturated rings. The predicted octanol–water partition coefficient (Wildman–Crippen LogP) is 2.59. The molecule has 0 unspecified atom stereocenters. The van der Waals surface area contributed by atoms with Crippen molar-refractivity contribution in [3.63, 3.8) is 0 Å². The monoisotopic (exact) mass is 279 g/mol. The lowest BCUT2D eigenvalue weighted by atomic mass is 10.3. The van der Waals surface area contributed by atoms with E-state index in [4.69, 9.17) is 13.9 Å². The van der Waals surface area contributed by atoms with Gasteiger partial charge in [0.1, 0.15) is 11.6 Å². The van der Waals surface area contributed by atoms with Crippen molar-refractivity contribution in [2.75, 3.05) is 20.3 Å². The van der Waals surface area contributed by atoms with Crippen LogP contribution in [-0.2, 0) is 4.74 Å². The second kappa shape index (κ2) is 6.72. The van der Waals surface area contributed by atoms with Crippen molar-refractivity contribution in [3.05, 3.63) is 48.0 Å². The molecule has 0 spiro atoms. The maximum absolute atomic E-state index is 13.0. The Morgan fingerprint density at radius 2 is 2.20 bits per heavy atom. The van der Waals surface area contributed by atoms with E-state index in [0.29, 0.717) is 18.9 Å². The molecular formula is C14H14FNO4. The van der Waals surface area contributed by atoms with E-state index in [2.05, 4.69) is 5.32 Å². The summed E-state index contributed by atoms with van der Waals surface area (Å²) in [5.74, 6) is -0.242. The van der Waals surface area contributed by atoms with Crippen LogP contribution < -0.4 is 10.1 Å². The van der Waals surface area contributed by atoms with Crippen molar-refractivity contribution in [1.82, 2.24) is 5.32 Å². The van der Waals surface area contributed by atoms with E-state index >= 15 is 0 Å². The Hall–Kier alpha value is -2.34. The van der Waals surface area contributed by atoms with Crippen LogP contribution in [-0.4, -0.2) is 26.2 Å². The molecule has 0 atom stereocenters. The molecule has 1 aromatic carbocycles. The van der Waals surface area contributed by atoms with Crippen LogP contribution in [0.5, 0.6) is 11.7 Å². The Morgan fingerprint density at radius 3 is 2.95 bits per heavy atom. The van der Waals surface area contributed by atoms with E-state index in [0.717, 1.165) is 0 Å². The molecule has 0 saturated carbocycles. The first kappa shape index (κ1) is 14.1. The third-order valence-electron chi connectivity index (χ3n) is 2.41. The van der Waals surface area contributed by atoms with E-state index < -0.39 is 5.82 Å². The van der Waals surface area contributed by atoms with Crippen molar-refractivity contribution in [1.29, 1.82) is 0 Å². The van der Waals surface area contributed by atoms with Crippen LogP contribution in [0.15, 0.2) is 40.8 Å². The zero-order chi connectivity index (χ0) is 14.4. The molecule has 0 saturated heterocycles. The molecular weight excluding hydrogens is 265 g/mol. The standard InChI is InChI=1S/C14H14FNO4/c1-18-8-7-16-14(17)12-5-6-13(20-12)19-11-4-2-3-10(15)9-11/h2-6,9H,7-8H2,1H3,(H,16,17). The highest BCUT2D eigenvalue weighted by Crippen LogP contribution is 2.24. The zero-order valence-electron chi connectivity index (χ0n) is 10.9. The minimum absolute atomic E-state index is 0.118. The molecule has 1 amide bonds. The number of carbonyl (C=O) groups is 1. The second-order valence-corrected chi connectivity index (χ2v) is 3.93. The van der Waals surface area contributed by atoms with E-state index in [1.54, 1.807) is 13.2 Å².